The maximum atomic E-state index is 4.82. The summed E-state index contributed by atoms with van der Waals surface area (Å²) in [7, 11) is 2.16. The molecule has 3 aromatic rings. The fourth-order valence-electron chi connectivity index (χ4n) is 5.61. The molecule has 0 spiro atoms. The van der Waals surface area contributed by atoms with Crippen LogP contribution in [0.5, 0.6) is 0 Å². The molecule has 192 valence electrons. The van der Waals surface area contributed by atoms with E-state index in [1.54, 1.807) is 0 Å². The Labute approximate surface area is 221 Å². The minimum Gasteiger partial charge on any atom is -0.354 e. The molecule has 2 aliphatic rings. The number of hydrogen-bond donors (Lipinski definition) is 1. The molecule has 37 heavy (non-hydrogen) atoms. The van der Waals surface area contributed by atoms with E-state index in [4.69, 9.17) is 4.98 Å². The van der Waals surface area contributed by atoms with Crippen molar-refractivity contribution < 1.29 is 0 Å². The molecule has 3 heterocycles. The molecular weight excluding hydrogens is 456 g/mol. The first kappa shape index (κ1) is 25.2. The Morgan fingerprint density at radius 2 is 1.84 bits per heavy atom. The lowest BCUT2D eigenvalue weighted by Crippen LogP contribution is -2.44. The summed E-state index contributed by atoms with van der Waals surface area (Å²) in [6.07, 6.45) is 8.05. The van der Waals surface area contributed by atoms with Crippen molar-refractivity contribution in [3.8, 4) is 0 Å². The molecule has 1 fully saturated rings. The van der Waals surface area contributed by atoms with Crippen LogP contribution >= 0.6 is 0 Å². The first-order valence-corrected chi connectivity index (χ1v) is 13.2. The van der Waals surface area contributed by atoms with Crippen LogP contribution < -0.4 is 10.2 Å². The largest absolute Gasteiger partial charge is 0.354 e. The average Bonchev–Trinajstić information content (AvgIpc) is 2.85. The number of pyridine rings is 1. The van der Waals surface area contributed by atoms with Crippen LogP contribution in [0.1, 0.15) is 55.1 Å². The Kier molecular flexibility index (Phi) is 6.86. The molecular formula is C31H38N6. The van der Waals surface area contributed by atoms with Gasteiger partial charge in [-0.3, -0.25) is 0 Å². The van der Waals surface area contributed by atoms with E-state index in [2.05, 4.69) is 96.7 Å². The van der Waals surface area contributed by atoms with Gasteiger partial charge in [-0.15, -0.1) is 0 Å². The highest BCUT2D eigenvalue weighted by atomic mass is 15.3. The molecule has 1 aliphatic carbocycles. The van der Waals surface area contributed by atoms with Gasteiger partial charge in [0.05, 0.1) is 5.69 Å². The van der Waals surface area contributed by atoms with Crippen molar-refractivity contribution in [2.45, 2.75) is 40.5 Å². The summed E-state index contributed by atoms with van der Waals surface area (Å²) in [5, 5.41) is 3.38. The minimum atomic E-state index is 0.238. The normalized spacial score (nSPS) is 18.0. The molecule has 0 unspecified atom stereocenters. The number of rotatable bonds is 5. The van der Waals surface area contributed by atoms with Crippen molar-refractivity contribution in [3.63, 3.8) is 0 Å². The van der Waals surface area contributed by atoms with Crippen LogP contribution in [0.15, 0.2) is 55.4 Å². The second-order valence-electron chi connectivity index (χ2n) is 11.2. The van der Waals surface area contributed by atoms with E-state index < -0.39 is 0 Å². The molecule has 5 rings (SSSR count). The third-order valence-corrected chi connectivity index (χ3v) is 7.55. The Morgan fingerprint density at radius 1 is 1.05 bits per heavy atom. The molecule has 1 saturated heterocycles. The van der Waals surface area contributed by atoms with Crippen molar-refractivity contribution in [1.82, 2.24) is 19.9 Å². The third-order valence-electron chi connectivity index (χ3n) is 7.55. The summed E-state index contributed by atoms with van der Waals surface area (Å²) in [6.45, 7) is 17.2. The quantitative estimate of drug-likeness (QED) is 0.462. The van der Waals surface area contributed by atoms with Gasteiger partial charge in [-0.25, -0.2) is 15.0 Å². The molecule has 0 radical (unpaired) electrons. The molecule has 0 bridgehead atoms. The first-order chi connectivity index (χ1) is 17.7. The summed E-state index contributed by atoms with van der Waals surface area (Å²) in [4.78, 5) is 18.8. The van der Waals surface area contributed by atoms with E-state index >= 15 is 0 Å². The molecule has 1 aliphatic heterocycles. The average molecular weight is 495 g/mol. The summed E-state index contributed by atoms with van der Waals surface area (Å²) in [6, 6.07) is 10.8. The molecule has 0 atom stereocenters. The topological polar surface area (TPSA) is 57.2 Å². The van der Waals surface area contributed by atoms with Gasteiger partial charge >= 0.3 is 0 Å². The molecule has 0 amide bonds. The van der Waals surface area contributed by atoms with Crippen LogP contribution in [0.3, 0.4) is 0 Å². The van der Waals surface area contributed by atoms with Crippen molar-refractivity contribution in [3.05, 3.63) is 83.3 Å². The van der Waals surface area contributed by atoms with Crippen LogP contribution in [-0.2, 0) is 6.42 Å². The number of benzene rings is 1. The number of fused-ring (bicyclic) bond motifs is 1. The van der Waals surface area contributed by atoms with Gasteiger partial charge in [-0.05, 0) is 73.1 Å². The number of nitrogens with zero attached hydrogens (tertiary/aromatic N) is 5. The van der Waals surface area contributed by atoms with Crippen LogP contribution in [-0.4, -0.2) is 53.1 Å². The summed E-state index contributed by atoms with van der Waals surface area (Å²) >= 11 is 0. The number of anilines is 3. The molecule has 0 saturated carbocycles. The van der Waals surface area contributed by atoms with Crippen LogP contribution in [0.4, 0.5) is 17.5 Å². The Balaban J connectivity index is 1.36. The fourth-order valence-corrected chi connectivity index (χ4v) is 5.61. The zero-order chi connectivity index (χ0) is 26.2. The van der Waals surface area contributed by atoms with Gasteiger partial charge in [0.25, 0.3) is 0 Å². The van der Waals surface area contributed by atoms with Gasteiger partial charge in [0.2, 0.25) is 5.95 Å². The van der Waals surface area contributed by atoms with Gasteiger partial charge in [-0.2, -0.15) is 0 Å². The number of nitrogens with one attached hydrogen (secondary N) is 1. The monoisotopic (exact) mass is 494 g/mol. The van der Waals surface area contributed by atoms with E-state index in [0.717, 1.165) is 67.4 Å². The standard InChI is InChI=1S/C31H38N6/c1-7-26(23-8-9-27-21(2)18-31(4,5)19-24(27)16-23)28-20-33-30(34-22(28)3)35-25-10-11-32-29(17-25)37-14-12-36(6)13-15-37/h7-11,16-17,20H,2,12-15,18-19H2,1,3-6H3,(H,32,33,34,35)/b26-7-. The molecule has 6 heteroatoms. The summed E-state index contributed by atoms with van der Waals surface area (Å²) < 4.78 is 0. The highest BCUT2D eigenvalue weighted by Gasteiger charge is 2.28. The zero-order valence-electron chi connectivity index (χ0n) is 22.8. The van der Waals surface area contributed by atoms with E-state index in [1.165, 1.54) is 22.3 Å². The highest BCUT2D eigenvalue weighted by molar-refractivity contribution is 5.82. The second kappa shape index (κ2) is 10.1. The third kappa shape index (κ3) is 5.44. The van der Waals surface area contributed by atoms with Crippen molar-refractivity contribution in [1.29, 1.82) is 0 Å². The lowest BCUT2D eigenvalue weighted by atomic mass is 9.72. The van der Waals surface area contributed by atoms with Crippen LogP contribution in [0.25, 0.3) is 11.1 Å². The molecule has 2 aromatic heterocycles. The molecule has 6 nitrogen and oxygen atoms in total. The highest BCUT2D eigenvalue weighted by Crippen LogP contribution is 2.41. The number of aromatic nitrogens is 3. The van der Waals surface area contributed by atoms with Crippen molar-refractivity contribution in [2.75, 3.05) is 43.4 Å². The summed E-state index contributed by atoms with van der Waals surface area (Å²) in [5.74, 6) is 1.58. The van der Waals surface area contributed by atoms with Gasteiger partial charge < -0.3 is 15.1 Å². The summed E-state index contributed by atoms with van der Waals surface area (Å²) in [5.41, 5.74) is 9.45. The Bertz CT molecular complexity index is 1350. The van der Waals surface area contributed by atoms with Crippen LogP contribution in [0, 0.1) is 12.3 Å². The van der Waals surface area contributed by atoms with Gasteiger partial charge in [-0.1, -0.05) is 44.7 Å². The number of allylic oxidation sites excluding steroid dienone is 2. The van der Waals surface area contributed by atoms with E-state index in [0.29, 0.717) is 5.95 Å². The van der Waals surface area contributed by atoms with Crippen molar-refractivity contribution in [2.24, 2.45) is 5.41 Å². The SMILES string of the molecule is C=C1CC(C)(C)Cc2cc(/C(=C/C)c3cnc(Nc4ccnc(N5CCN(C)CC5)c4)nc3C)ccc21. The Hall–Kier alpha value is -3.51. The number of hydrogen-bond acceptors (Lipinski definition) is 6. The first-order valence-electron chi connectivity index (χ1n) is 13.2. The van der Waals surface area contributed by atoms with Gasteiger partial charge in [0.15, 0.2) is 0 Å². The lowest BCUT2D eigenvalue weighted by molar-refractivity contribution is 0.312. The predicted molar refractivity (Wildman–Crippen MR) is 154 cm³/mol. The maximum Gasteiger partial charge on any atom is 0.227 e. The van der Waals surface area contributed by atoms with Gasteiger partial charge in [0.1, 0.15) is 5.82 Å². The number of piperazine rings is 1. The van der Waals surface area contributed by atoms with E-state index in [-0.39, 0.29) is 5.41 Å². The molecule has 1 N–H and O–H groups in total. The number of likely N-dealkylation sites (N-methyl/N-ethyl adjacent to an activating group) is 1. The zero-order valence-corrected chi connectivity index (χ0v) is 22.8. The number of aryl methyl sites for hydroxylation is 1. The second-order valence-corrected chi connectivity index (χ2v) is 11.2. The van der Waals surface area contributed by atoms with E-state index in [1.807, 2.05) is 18.5 Å². The fraction of sp³-hybridized carbons (Fsp3) is 0.387. The predicted octanol–water partition coefficient (Wildman–Crippen LogP) is 6.11. The molecule has 1 aromatic carbocycles. The maximum absolute atomic E-state index is 4.82. The van der Waals surface area contributed by atoms with Gasteiger partial charge in [0, 0.05) is 55.9 Å². The van der Waals surface area contributed by atoms with E-state index in [9.17, 15) is 0 Å². The minimum absolute atomic E-state index is 0.238. The Morgan fingerprint density at radius 3 is 2.57 bits per heavy atom. The lowest BCUT2D eigenvalue weighted by Gasteiger charge is -2.33. The van der Waals surface area contributed by atoms with Crippen molar-refractivity contribution >= 4 is 28.6 Å². The van der Waals surface area contributed by atoms with Crippen LogP contribution in [0.2, 0.25) is 0 Å². The smallest absolute Gasteiger partial charge is 0.227 e.